The van der Waals surface area contributed by atoms with Gasteiger partial charge in [-0.05, 0) is 62.6 Å². The SMILES string of the molecule is Cc1cccc(C=O)c1-c1c(C#C[Si](C(C)C)(C(C)C)C(C)C)cc(-c2ccccc2)c2ccccc12. The van der Waals surface area contributed by atoms with Crippen molar-refractivity contribution in [2.45, 2.75) is 65.1 Å². The molecule has 0 N–H and O–H groups in total. The van der Waals surface area contributed by atoms with Gasteiger partial charge in [0.05, 0.1) is 0 Å². The number of hydrogen-bond donors (Lipinski definition) is 0. The van der Waals surface area contributed by atoms with Crippen LogP contribution in [0.1, 0.15) is 63.0 Å². The van der Waals surface area contributed by atoms with Crippen molar-refractivity contribution in [3.63, 3.8) is 0 Å². The zero-order chi connectivity index (χ0) is 26.7. The van der Waals surface area contributed by atoms with Crippen molar-refractivity contribution in [3.05, 3.63) is 95.6 Å². The van der Waals surface area contributed by atoms with E-state index in [9.17, 15) is 4.79 Å². The number of carbonyl (C=O) groups excluding carboxylic acids is 1. The van der Waals surface area contributed by atoms with Gasteiger partial charge in [-0.2, -0.15) is 0 Å². The van der Waals surface area contributed by atoms with Gasteiger partial charge in [0.2, 0.25) is 0 Å². The summed E-state index contributed by atoms with van der Waals surface area (Å²) in [6, 6.07) is 27.3. The van der Waals surface area contributed by atoms with Crippen molar-refractivity contribution in [2.75, 3.05) is 0 Å². The number of carbonyl (C=O) groups is 1. The van der Waals surface area contributed by atoms with Gasteiger partial charge in [-0.25, -0.2) is 0 Å². The van der Waals surface area contributed by atoms with Crippen LogP contribution in [0, 0.1) is 18.4 Å². The minimum absolute atomic E-state index is 0.543. The Morgan fingerprint density at radius 3 is 1.89 bits per heavy atom. The van der Waals surface area contributed by atoms with Gasteiger partial charge in [0.15, 0.2) is 6.29 Å². The molecule has 0 bridgehead atoms. The van der Waals surface area contributed by atoms with Crippen LogP contribution in [0.4, 0.5) is 0 Å². The summed E-state index contributed by atoms with van der Waals surface area (Å²) in [5.41, 5.74) is 12.8. The third-order valence-corrected chi connectivity index (χ3v) is 14.4. The highest BCUT2D eigenvalue weighted by Gasteiger charge is 2.41. The van der Waals surface area contributed by atoms with Crippen molar-refractivity contribution in [1.82, 2.24) is 0 Å². The average molecular weight is 503 g/mol. The summed E-state index contributed by atoms with van der Waals surface area (Å²) in [6.07, 6.45) is 0.981. The summed E-state index contributed by atoms with van der Waals surface area (Å²) in [6.45, 7) is 16.2. The molecule has 0 radical (unpaired) electrons. The molecule has 0 atom stereocenters. The predicted octanol–water partition coefficient (Wildman–Crippen LogP) is 9.86. The Morgan fingerprint density at radius 2 is 1.30 bits per heavy atom. The minimum atomic E-state index is -1.96. The molecule has 4 aromatic carbocycles. The molecule has 0 spiro atoms. The smallest absolute Gasteiger partial charge is 0.150 e. The van der Waals surface area contributed by atoms with E-state index < -0.39 is 8.07 Å². The Bertz CT molecular complexity index is 1460. The number of hydrogen-bond acceptors (Lipinski definition) is 1. The van der Waals surface area contributed by atoms with Crippen molar-refractivity contribution >= 4 is 25.1 Å². The fraction of sp³-hybridized carbons (Fsp3) is 0.286. The zero-order valence-electron chi connectivity index (χ0n) is 23.2. The van der Waals surface area contributed by atoms with Gasteiger partial charge in [0.25, 0.3) is 0 Å². The van der Waals surface area contributed by atoms with E-state index in [1.165, 1.54) is 16.5 Å². The Hall–Kier alpha value is -3.41. The molecule has 0 aliphatic heterocycles. The van der Waals surface area contributed by atoms with Crippen molar-refractivity contribution in [2.24, 2.45) is 0 Å². The number of fused-ring (bicyclic) bond motifs is 1. The van der Waals surface area contributed by atoms with Gasteiger partial charge in [0, 0.05) is 16.7 Å². The molecule has 0 heterocycles. The molecule has 0 amide bonds. The van der Waals surface area contributed by atoms with Crippen molar-refractivity contribution in [3.8, 4) is 33.7 Å². The van der Waals surface area contributed by atoms with E-state index in [2.05, 4.69) is 127 Å². The van der Waals surface area contributed by atoms with Gasteiger partial charge in [-0.15, -0.1) is 5.54 Å². The van der Waals surface area contributed by atoms with E-state index in [-0.39, 0.29) is 0 Å². The zero-order valence-corrected chi connectivity index (χ0v) is 24.2. The topological polar surface area (TPSA) is 17.1 Å². The van der Waals surface area contributed by atoms with E-state index in [1.807, 2.05) is 12.1 Å². The maximum atomic E-state index is 12.2. The maximum absolute atomic E-state index is 12.2. The molecule has 0 saturated heterocycles. The standard InChI is InChI=1S/C35H38OSi/c1-24(2)37(25(3)4,26(5)6)21-20-29-22-33(28-15-9-8-10-16-28)31-18-11-12-19-32(31)35(29)34-27(7)14-13-17-30(34)23-36/h8-19,22-26H,1-7H3. The van der Waals surface area contributed by atoms with Crippen LogP contribution in [0.15, 0.2) is 78.9 Å². The van der Waals surface area contributed by atoms with Crippen LogP contribution < -0.4 is 0 Å². The van der Waals surface area contributed by atoms with E-state index in [0.29, 0.717) is 22.2 Å². The van der Waals surface area contributed by atoms with E-state index in [0.717, 1.165) is 33.9 Å². The molecule has 37 heavy (non-hydrogen) atoms. The fourth-order valence-corrected chi connectivity index (χ4v) is 11.6. The molecule has 0 unspecified atom stereocenters. The molecule has 0 fully saturated rings. The Morgan fingerprint density at radius 1 is 0.703 bits per heavy atom. The third-order valence-electron chi connectivity index (χ3n) is 8.09. The highest BCUT2D eigenvalue weighted by atomic mass is 28.3. The van der Waals surface area contributed by atoms with Crippen LogP contribution in [0.5, 0.6) is 0 Å². The van der Waals surface area contributed by atoms with Gasteiger partial charge in [0.1, 0.15) is 8.07 Å². The first kappa shape index (κ1) is 26.6. The van der Waals surface area contributed by atoms with Crippen LogP contribution in [-0.4, -0.2) is 14.4 Å². The lowest BCUT2D eigenvalue weighted by Crippen LogP contribution is -2.43. The van der Waals surface area contributed by atoms with Crippen molar-refractivity contribution < 1.29 is 4.79 Å². The third kappa shape index (κ3) is 4.81. The average Bonchev–Trinajstić information content (AvgIpc) is 2.88. The first-order valence-corrected chi connectivity index (χ1v) is 15.6. The molecule has 0 saturated carbocycles. The molecule has 0 aliphatic rings. The van der Waals surface area contributed by atoms with E-state index in [4.69, 9.17) is 0 Å². The maximum Gasteiger partial charge on any atom is 0.150 e. The normalized spacial score (nSPS) is 11.7. The highest BCUT2D eigenvalue weighted by molar-refractivity contribution is 6.90. The lowest BCUT2D eigenvalue weighted by atomic mass is 9.85. The highest BCUT2D eigenvalue weighted by Crippen LogP contribution is 2.43. The van der Waals surface area contributed by atoms with Crippen LogP contribution >= 0.6 is 0 Å². The first-order chi connectivity index (χ1) is 17.7. The van der Waals surface area contributed by atoms with E-state index >= 15 is 0 Å². The molecule has 1 nitrogen and oxygen atoms in total. The molecular formula is C35H38OSi. The number of benzene rings is 4. The number of aldehydes is 1. The Kier molecular flexibility index (Phi) is 7.86. The lowest BCUT2D eigenvalue weighted by Gasteiger charge is -2.38. The molecule has 4 rings (SSSR count). The molecule has 188 valence electrons. The second kappa shape index (κ2) is 10.9. The molecule has 0 aromatic heterocycles. The van der Waals surface area contributed by atoms with Crippen LogP contribution in [-0.2, 0) is 0 Å². The van der Waals surface area contributed by atoms with Crippen LogP contribution in [0.25, 0.3) is 33.0 Å². The second-order valence-corrected chi connectivity index (χ2v) is 16.6. The largest absolute Gasteiger partial charge is 0.298 e. The summed E-state index contributed by atoms with van der Waals surface area (Å²) in [5.74, 6) is 3.77. The summed E-state index contributed by atoms with van der Waals surface area (Å²) in [5, 5.41) is 2.31. The van der Waals surface area contributed by atoms with Gasteiger partial charge < -0.3 is 0 Å². The molecular weight excluding hydrogens is 464 g/mol. The molecule has 2 heteroatoms. The van der Waals surface area contributed by atoms with Gasteiger partial charge >= 0.3 is 0 Å². The second-order valence-electron chi connectivity index (χ2n) is 11.1. The summed E-state index contributed by atoms with van der Waals surface area (Å²) < 4.78 is 0. The van der Waals surface area contributed by atoms with E-state index in [1.54, 1.807) is 0 Å². The molecule has 4 aromatic rings. The Labute approximate surface area is 224 Å². The number of rotatable bonds is 6. The number of aryl methyl sites for hydroxylation is 1. The lowest BCUT2D eigenvalue weighted by molar-refractivity contribution is 0.112. The summed E-state index contributed by atoms with van der Waals surface area (Å²) in [4.78, 5) is 12.2. The van der Waals surface area contributed by atoms with Gasteiger partial charge in [-0.1, -0.05) is 120 Å². The first-order valence-electron chi connectivity index (χ1n) is 13.4. The van der Waals surface area contributed by atoms with Crippen molar-refractivity contribution in [1.29, 1.82) is 0 Å². The van der Waals surface area contributed by atoms with Crippen LogP contribution in [0.2, 0.25) is 16.6 Å². The monoisotopic (exact) mass is 502 g/mol. The van der Waals surface area contributed by atoms with Gasteiger partial charge in [-0.3, -0.25) is 4.79 Å². The van der Waals surface area contributed by atoms with Crippen LogP contribution in [0.3, 0.4) is 0 Å². The Balaban J connectivity index is 2.18. The minimum Gasteiger partial charge on any atom is -0.298 e. The summed E-state index contributed by atoms with van der Waals surface area (Å²) in [7, 11) is -1.96. The molecule has 0 aliphatic carbocycles. The summed E-state index contributed by atoms with van der Waals surface area (Å²) >= 11 is 0. The fourth-order valence-electron chi connectivity index (χ4n) is 6.34. The predicted molar refractivity (Wildman–Crippen MR) is 163 cm³/mol. The quantitative estimate of drug-likeness (QED) is 0.146.